The van der Waals surface area contributed by atoms with Crippen molar-refractivity contribution in [2.75, 3.05) is 11.4 Å². The van der Waals surface area contributed by atoms with Crippen LogP contribution in [0.5, 0.6) is 0 Å². The lowest BCUT2D eigenvalue weighted by molar-refractivity contribution is 0.583. The van der Waals surface area contributed by atoms with Gasteiger partial charge in [-0.15, -0.1) is 11.3 Å². The Morgan fingerprint density at radius 3 is 2.96 bits per heavy atom. The fourth-order valence-corrected chi connectivity index (χ4v) is 5.71. The molecule has 134 valence electrons. The van der Waals surface area contributed by atoms with Gasteiger partial charge in [0.2, 0.25) is 0 Å². The molecule has 2 aliphatic rings. The third kappa shape index (κ3) is 2.39. The number of benzene rings is 1. The molecule has 0 spiro atoms. The zero-order valence-electron chi connectivity index (χ0n) is 14.7. The van der Waals surface area contributed by atoms with Crippen LogP contribution in [0.4, 0.5) is 10.1 Å². The van der Waals surface area contributed by atoms with Crippen LogP contribution in [0, 0.1) is 12.7 Å². The second-order valence-electron chi connectivity index (χ2n) is 7.27. The number of thiophene rings is 1. The van der Waals surface area contributed by atoms with E-state index in [-0.39, 0.29) is 11.4 Å². The van der Waals surface area contributed by atoms with Gasteiger partial charge >= 0.3 is 0 Å². The SMILES string of the molecule is Cc1ccc(F)c2c1N(Cc1nc3sc4c(c3c(=O)[nH]1)CCC4)CCC2. The third-order valence-electron chi connectivity index (χ3n) is 5.56. The molecule has 0 saturated heterocycles. The second kappa shape index (κ2) is 5.91. The number of halogens is 1. The molecule has 3 aromatic rings. The van der Waals surface area contributed by atoms with E-state index in [1.807, 2.05) is 13.0 Å². The smallest absolute Gasteiger partial charge is 0.259 e. The van der Waals surface area contributed by atoms with Gasteiger partial charge in [-0.1, -0.05) is 6.07 Å². The van der Waals surface area contributed by atoms with Gasteiger partial charge in [0.15, 0.2) is 0 Å². The molecule has 1 aromatic carbocycles. The van der Waals surface area contributed by atoms with E-state index < -0.39 is 0 Å². The van der Waals surface area contributed by atoms with Crippen molar-refractivity contribution < 1.29 is 4.39 Å². The fourth-order valence-electron chi connectivity index (χ4n) is 4.43. The number of nitrogens with one attached hydrogen (secondary N) is 1. The Labute approximate surface area is 154 Å². The normalized spacial score (nSPS) is 16.2. The number of anilines is 1. The van der Waals surface area contributed by atoms with Gasteiger partial charge in [-0.3, -0.25) is 4.79 Å². The van der Waals surface area contributed by atoms with E-state index in [9.17, 15) is 9.18 Å². The quantitative estimate of drug-likeness (QED) is 0.746. The van der Waals surface area contributed by atoms with Gasteiger partial charge in [-0.05, 0) is 56.2 Å². The number of nitrogens with zero attached hydrogens (tertiary/aromatic N) is 2. The van der Waals surface area contributed by atoms with Crippen LogP contribution < -0.4 is 10.5 Å². The number of aryl methyl sites for hydroxylation is 3. The van der Waals surface area contributed by atoms with Crippen LogP contribution in [0.3, 0.4) is 0 Å². The van der Waals surface area contributed by atoms with E-state index in [2.05, 4.69) is 9.88 Å². The Morgan fingerprint density at radius 1 is 1.23 bits per heavy atom. The molecule has 0 unspecified atom stereocenters. The predicted molar refractivity (Wildman–Crippen MR) is 103 cm³/mol. The minimum absolute atomic E-state index is 0.0300. The minimum Gasteiger partial charge on any atom is -0.364 e. The number of rotatable bonds is 2. The Bertz CT molecular complexity index is 1080. The van der Waals surface area contributed by atoms with E-state index in [1.54, 1.807) is 17.4 Å². The summed E-state index contributed by atoms with van der Waals surface area (Å²) in [5.74, 6) is 0.529. The largest absolute Gasteiger partial charge is 0.364 e. The van der Waals surface area contributed by atoms with Crippen LogP contribution in [0.15, 0.2) is 16.9 Å². The zero-order chi connectivity index (χ0) is 17.8. The van der Waals surface area contributed by atoms with Crippen molar-refractivity contribution >= 4 is 27.2 Å². The Hall–Kier alpha value is -2.21. The highest BCUT2D eigenvalue weighted by atomic mass is 32.1. The number of hydrogen-bond acceptors (Lipinski definition) is 4. The van der Waals surface area contributed by atoms with Crippen molar-refractivity contribution in [2.45, 2.75) is 45.6 Å². The van der Waals surface area contributed by atoms with Gasteiger partial charge in [-0.2, -0.15) is 0 Å². The van der Waals surface area contributed by atoms with Crippen molar-refractivity contribution in [3.63, 3.8) is 0 Å². The highest BCUT2D eigenvalue weighted by Crippen LogP contribution is 2.35. The van der Waals surface area contributed by atoms with E-state index in [4.69, 9.17) is 4.98 Å². The van der Waals surface area contributed by atoms with Gasteiger partial charge in [-0.25, -0.2) is 9.37 Å². The molecule has 6 heteroatoms. The van der Waals surface area contributed by atoms with Crippen LogP contribution in [0.2, 0.25) is 0 Å². The molecular weight excluding hydrogens is 349 g/mol. The van der Waals surface area contributed by atoms with Gasteiger partial charge in [0.25, 0.3) is 5.56 Å². The van der Waals surface area contributed by atoms with E-state index in [0.29, 0.717) is 12.4 Å². The maximum Gasteiger partial charge on any atom is 0.259 e. The summed E-state index contributed by atoms with van der Waals surface area (Å²) in [6.45, 7) is 3.37. The maximum absolute atomic E-state index is 14.2. The Morgan fingerprint density at radius 2 is 2.08 bits per heavy atom. The summed E-state index contributed by atoms with van der Waals surface area (Å²) >= 11 is 1.66. The molecule has 5 rings (SSSR count). The molecule has 0 fully saturated rings. The molecule has 1 aliphatic heterocycles. The highest BCUT2D eigenvalue weighted by molar-refractivity contribution is 7.18. The Balaban J connectivity index is 1.56. The lowest BCUT2D eigenvalue weighted by atomic mass is 9.97. The number of hydrogen-bond donors (Lipinski definition) is 1. The summed E-state index contributed by atoms with van der Waals surface area (Å²) < 4.78 is 14.2. The van der Waals surface area contributed by atoms with Crippen molar-refractivity contribution in [1.29, 1.82) is 0 Å². The second-order valence-corrected chi connectivity index (χ2v) is 8.35. The van der Waals surface area contributed by atoms with Gasteiger partial charge in [0.05, 0.1) is 11.9 Å². The molecule has 0 amide bonds. The molecule has 2 aromatic heterocycles. The zero-order valence-corrected chi connectivity index (χ0v) is 15.5. The van der Waals surface area contributed by atoms with Crippen LogP contribution in [-0.4, -0.2) is 16.5 Å². The molecule has 1 aliphatic carbocycles. The lowest BCUT2D eigenvalue weighted by Gasteiger charge is -2.32. The van der Waals surface area contributed by atoms with E-state index >= 15 is 0 Å². The average molecular weight is 369 g/mol. The van der Waals surface area contributed by atoms with Crippen LogP contribution in [0.1, 0.15) is 40.2 Å². The van der Waals surface area contributed by atoms with Crippen molar-refractivity contribution in [3.05, 3.63) is 55.7 Å². The first-order chi connectivity index (χ1) is 12.6. The molecule has 4 nitrogen and oxygen atoms in total. The van der Waals surface area contributed by atoms with Gasteiger partial charge in [0, 0.05) is 22.7 Å². The van der Waals surface area contributed by atoms with Crippen molar-refractivity contribution in [2.24, 2.45) is 0 Å². The first kappa shape index (κ1) is 16.0. The maximum atomic E-state index is 14.2. The molecule has 26 heavy (non-hydrogen) atoms. The number of aromatic amines is 1. The number of H-pyrrole nitrogens is 1. The van der Waals surface area contributed by atoms with Gasteiger partial charge < -0.3 is 9.88 Å². The molecule has 3 heterocycles. The third-order valence-corrected chi connectivity index (χ3v) is 6.75. The van der Waals surface area contributed by atoms with Crippen molar-refractivity contribution in [1.82, 2.24) is 9.97 Å². The first-order valence-electron chi connectivity index (χ1n) is 9.18. The number of aromatic nitrogens is 2. The van der Waals surface area contributed by atoms with Crippen LogP contribution in [-0.2, 0) is 25.8 Å². The van der Waals surface area contributed by atoms with E-state index in [0.717, 1.165) is 65.7 Å². The van der Waals surface area contributed by atoms with Crippen LogP contribution >= 0.6 is 11.3 Å². The molecule has 0 radical (unpaired) electrons. The summed E-state index contributed by atoms with van der Waals surface area (Å²) in [6, 6.07) is 3.38. The predicted octanol–water partition coefficient (Wildman–Crippen LogP) is 3.87. The molecular formula is C20H20FN3OS. The molecule has 0 saturated carbocycles. The average Bonchev–Trinajstić information content (AvgIpc) is 3.19. The summed E-state index contributed by atoms with van der Waals surface area (Å²) in [4.78, 5) is 24.7. The molecule has 0 atom stereocenters. The Kier molecular flexibility index (Phi) is 3.64. The monoisotopic (exact) mass is 369 g/mol. The first-order valence-corrected chi connectivity index (χ1v) is 10.00. The summed E-state index contributed by atoms with van der Waals surface area (Å²) in [7, 11) is 0. The molecule has 1 N–H and O–H groups in total. The van der Waals surface area contributed by atoms with E-state index in [1.165, 1.54) is 10.4 Å². The fraction of sp³-hybridized carbons (Fsp3) is 0.400. The lowest BCUT2D eigenvalue weighted by Crippen LogP contribution is -2.31. The van der Waals surface area contributed by atoms with Crippen LogP contribution in [0.25, 0.3) is 10.2 Å². The summed E-state index contributed by atoms with van der Waals surface area (Å²) in [6.07, 6.45) is 4.85. The standard InChI is InChI=1S/C20H20FN3OS/c1-11-7-8-14(21)12-5-3-9-24(18(11)12)10-16-22-19(25)17-13-4-2-6-15(13)26-20(17)23-16/h7-8H,2-6,9-10H2,1H3,(H,22,23,25). The topological polar surface area (TPSA) is 49.0 Å². The molecule has 0 bridgehead atoms. The summed E-state index contributed by atoms with van der Waals surface area (Å²) in [5, 5.41) is 0.785. The van der Waals surface area contributed by atoms with Gasteiger partial charge in [0.1, 0.15) is 16.5 Å². The highest BCUT2D eigenvalue weighted by Gasteiger charge is 2.24. The number of fused-ring (bicyclic) bond motifs is 4. The summed E-state index contributed by atoms with van der Waals surface area (Å²) in [5.41, 5.74) is 3.99. The van der Waals surface area contributed by atoms with Crippen molar-refractivity contribution in [3.8, 4) is 0 Å². The minimum atomic E-state index is -0.137.